The molecule has 67 heavy (non-hydrogen) atoms. The lowest BCUT2D eigenvalue weighted by atomic mass is 9.91. The maximum atomic E-state index is 12.8. The zero-order valence-electron chi connectivity index (χ0n) is 36.8. The van der Waals surface area contributed by atoms with E-state index in [-0.39, 0.29) is 42.9 Å². The van der Waals surface area contributed by atoms with E-state index in [9.17, 15) is 33.9 Å². The maximum Gasteiger partial charge on any atom is 0.310 e. The molecular formula is C54H47ClO12. The third-order valence-corrected chi connectivity index (χ3v) is 11.8. The summed E-state index contributed by atoms with van der Waals surface area (Å²) in [6.07, 6.45) is 2.62. The van der Waals surface area contributed by atoms with E-state index < -0.39 is 23.8 Å². The molecule has 3 N–H and O–H groups in total. The van der Waals surface area contributed by atoms with Crippen LogP contribution < -0.4 is 14.2 Å². The Bertz CT molecular complexity index is 2900. The number of carboxylic acid groups (broad SMARTS) is 3. The first-order chi connectivity index (χ1) is 32.3. The molecule has 2 unspecified atom stereocenters. The van der Waals surface area contributed by atoms with Crippen LogP contribution in [0.25, 0.3) is 0 Å². The number of hydrogen-bond donors (Lipinski definition) is 3. The Hall–Kier alpha value is -7.57. The van der Waals surface area contributed by atoms with Crippen molar-refractivity contribution >= 4 is 46.9 Å². The van der Waals surface area contributed by atoms with Crippen LogP contribution in [0, 0.1) is 0 Å². The molecule has 13 heteroatoms. The average molecular weight is 923 g/mol. The third kappa shape index (κ3) is 10.9. The van der Waals surface area contributed by atoms with Crippen molar-refractivity contribution in [3.63, 3.8) is 0 Å². The monoisotopic (exact) mass is 922 g/mol. The highest BCUT2D eigenvalue weighted by atomic mass is 35.5. The number of benzene rings is 6. The van der Waals surface area contributed by atoms with Gasteiger partial charge in [-0.15, -0.1) is 0 Å². The van der Waals surface area contributed by atoms with E-state index in [2.05, 4.69) is 6.92 Å². The standard InChI is InChI=1S/2C19H18O4.C16H11ClO4/c1-2-5-15(19(21)22)12-8-9-17-16(10-12)18(20)14-7-4-3-6-13(14)11-23-17;1-2-5-16-13-6-3-4-7-14(13)19(22)15-9-8-12(11-18(20)21)10-17(15)23-16;17-11-3-2-10-8-21-14-4-1-9(6-15(18)19)5-13(14)16(20)12(10)7-11/h3-4,6-10,15H,2,5,11H2,1H3,(H,21,22);3-4,6-10,16H,2,5,11H2,1H3,(H,20,21);1-5,7H,6,8H2,(H,18,19). The van der Waals surface area contributed by atoms with Crippen molar-refractivity contribution in [3.05, 3.63) is 193 Å². The van der Waals surface area contributed by atoms with E-state index in [4.69, 9.17) is 36.0 Å². The summed E-state index contributed by atoms with van der Waals surface area (Å²) in [4.78, 5) is 71.4. The smallest absolute Gasteiger partial charge is 0.310 e. The first-order valence-electron chi connectivity index (χ1n) is 21.8. The number of halogens is 1. The maximum absolute atomic E-state index is 12.8. The van der Waals surface area contributed by atoms with Crippen LogP contribution in [0.15, 0.2) is 121 Å². The van der Waals surface area contributed by atoms with Crippen LogP contribution in [-0.4, -0.2) is 50.6 Å². The van der Waals surface area contributed by atoms with Crippen LogP contribution in [0.2, 0.25) is 5.02 Å². The summed E-state index contributed by atoms with van der Waals surface area (Å²) in [5.74, 6) is -2.26. The Kier molecular flexibility index (Phi) is 15.0. The molecule has 0 saturated carbocycles. The lowest BCUT2D eigenvalue weighted by Gasteiger charge is -2.18. The number of rotatable bonds is 10. The first kappa shape index (κ1) is 47.4. The highest BCUT2D eigenvalue weighted by Gasteiger charge is 2.29. The second-order valence-electron chi connectivity index (χ2n) is 16.2. The lowest BCUT2D eigenvalue weighted by Crippen LogP contribution is -2.12. The Morgan fingerprint density at radius 3 is 1.84 bits per heavy atom. The molecule has 0 radical (unpaired) electrons. The molecule has 3 heterocycles. The van der Waals surface area contributed by atoms with Crippen LogP contribution in [0.3, 0.4) is 0 Å². The summed E-state index contributed by atoms with van der Waals surface area (Å²) in [7, 11) is 0. The Morgan fingerprint density at radius 2 is 1.16 bits per heavy atom. The Morgan fingerprint density at radius 1 is 0.582 bits per heavy atom. The zero-order chi connectivity index (χ0) is 47.8. The molecule has 0 spiro atoms. The van der Waals surface area contributed by atoms with Crippen LogP contribution >= 0.6 is 11.6 Å². The summed E-state index contributed by atoms with van der Waals surface area (Å²) >= 11 is 5.95. The van der Waals surface area contributed by atoms with Crippen molar-refractivity contribution in [3.8, 4) is 17.2 Å². The number of ketones is 3. The van der Waals surface area contributed by atoms with Crippen molar-refractivity contribution in [1.82, 2.24) is 0 Å². The lowest BCUT2D eigenvalue weighted by molar-refractivity contribution is -0.139. The predicted octanol–water partition coefficient (Wildman–Crippen LogP) is 10.6. The SMILES string of the molecule is CCCC(C(=O)O)c1ccc2c(c1)C(=O)c1ccccc1CO2.CCCC1Oc2cc(CC(=O)O)ccc2C(=O)c2ccccc21.O=C(O)Cc1ccc2c(c1)C(=O)c1cc(Cl)ccc1CO2. The van der Waals surface area contributed by atoms with E-state index in [1.54, 1.807) is 78.9 Å². The van der Waals surface area contributed by atoms with Gasteiger partial charge in [0, 0.05) is 38.4 Å². The fourth-order valence-electron chi connectivity index (χ4n) is 8.27. The van der Waals surface area contributed by atoms with Gasteiger partial charge in [-0.3, -0.25) is 28.8 Å². The molecule has 0 amide bonds. The highest BCUT2D eigenvalue weighted by Crippen LogP contribution is 2.38. The van der Waals surface area contributed by atoms with Crippen LogP contribution in [0.5, 0.6) is 17.2 Å². The van der Waals surface area contributed by atoms with Gasteiger partial charge in [0.2, 0.25) is 0 Å². The van der Waals surface area contributed by atoms with Gasteiger partial charge >= 0.3 is 17.9 Å². The number of ether oxygens (including phenoxy) is 3. The van der Waals surface area contributed by atoms with Crippen LogP contribution in [-0.2, 0) is 40.4 Å². The van der Waals surface area contributed by atoms with E-state index in [1.807, 2.05) is 49.4 Å². The fourth-order valence-corrected chi connectivity index (χ4v) is 8.44. The van der Waals surface area contributed by atoms with Gasteiger partial charge in [0.1, 0.15) is 36.6 Å². The van der Waals surface area contributed by atoms with Crippen molar-refractivity contribution in [2.24, 2.45) is 0 Å². The van der Waals surface area contributed by atoms with Gasteiger partial charge in [-0.25, -0.2) is 0 Å². The van der Waals surface area contributed by atoms with Crippen molar-refractivity contribution in [2.45, 2.75) is 77.6 Å². The van der Waals surface area contributed by atoms with E-state index in [0.717, 1.165) is 36.0 Å². The number of fused-ring (bicyclic) bond motifs is 6. The van der Waals surface area contributed by atoms with Gasteiger partial charge in [-0.05, 0) is 78.1 Å². The van der Waals surface area contributed by atoms with Gasteiger partial charge in [-0.2, -0.15) is 0 Å². The van der Waals surface area contributed by atoms with E-state index >= 15 is 0 Å². The Balaban J connectivity index is 0.000000149. The minimum atomic E-state index is -0.944. The Labute approximate surface area is 391 Å². The second-order valence-corrected chi connectivity index (χ2v) is 16.7. The van der Waals surface area contributed by atoms with Crippen LogP contribution in [0.4, 0.5) is 0 Å². The van der Waals surface area contributed by atoms with Gasteiger partial charge in [0.05, 0.1) is 35.4 Å². The van der Waals surface area contributed by atoms with Crippen molar-refractivity contribution < 1.29 is 58.3 Å². The fraction of sp³-hybridized carbons (Fsp3) is 0.222. The first-order valence-corrected chi connectivity index (χ1v) is 22.2. The summed E-state index contributed by atoms with van der Waals surface area (Å²) in [6, 6.07) is 35.0. The quantitative estimate of drug-likeness (QED) is 0.118. The molecule has 3 aliphatic rings. The number of carbonyl (C=O) groups excluding carboxylic acids is 3. The molecular weight excluding hydrogens is 876 g/mol. The number of carbonyl (C=O) groups is 6. The molecule has 6 aromatic carbocycles. The largest absolute Gasteiger partial charge is 0.488 e. The summed E-state index contributed by atoms with van der Waals surface area (Å²) < 4.78 is 17.5. The number of hydrogen-bond acceptors (Lipinski definition) is 9. The summed E-state index contributed by atoms with van der Waals surface area (Å²) in [6.45, 7) is 4.64. The molecule has 9 rings (SSSR count). The number of aliphatic carboxylic acids is 3. The predicted molar refractivity (Wildman–Crippen MR) is 249 cm³/mol. The minimum absolute atomic E-state index is 0.0731. The number of carboxylic acids is 3. The minimum Gasteiger partial charge on any atom is -0.488 e. The van der Waals surface area contributed by atoms with E-state index in [1.165, 1.54) is 0 Å². The molecule has 0 bridgehead atoms. The molecule has 0 aliphatic carbocycles. The molecule has 3 aliphatic heterocycles. The van der Waals surface area contributed by atoms with Gasteiger partial charge in [-0.1, -0.05) is 111 Å². The summed E-state index contributed by atoms with van der Waals surface area (Å²) in [5.41, 5.74) is 7.42. The van der Waals surface area contributed by atoms with Crippen molar-refractivity contribution in [1.29, 1.82) is 0 Å². The average Bonchev–Trinajstić information content (AvgIpc) is 3.60. The second kappa shape index (κ2) is 21.2. The molecule has 0 aromatic heterocycles. The third-order valence-electron chi connectivity index (χ3n) is 11.5. The molecule has 342 valence electrons. The normalized spacial score (nSPS) is 14.4. The highest BCUT2D eigenvalue weighted by molar-refractivity contribution is 6.31. The van der Waals surface area contributed by atoms with Gasteiger partial charge in [0.15, 0.2) is 17.3 Å². The molecule has 2 atom stereocenters. The van der Waals surface area contributed by atoms with Crippen molar-refractivity contribution in [2.75, 3.05) is 0 Å². The van der Waals surface area contributed by atoms with Crippen LogP contribution in [0.1, 0.15) is 133 Å². The topological polar surface area (TPSA) is 191 Å². The molecule has 0 saturated heterocycles. The molecule has 6 aromatic rings. The van der Waals surface area contributed by atoms with Gasteiger partial charge in [0.25, 0.3) is 0 Å². The molecule has 12 nitrogen and oxygen atoms in total. The van der Waals surface area contributed by atoms with Gasteiger partial charge < -0.3 is 29.5 Å². The molecule has 0 fully saturated rings. The zero-order valence-corrected chi connectivity index (χ0v) is 37.5. The summed E-state index contributed by atoms with van der Waals surface area (Å²) in [5, 5.41) is 27.7. The van der Waals surface area contributed by atoms with E-state index in [0.29, 0.717) is 85.4 Å².